The third kappa shape index (κ3) is 2.38. The number of hydrogen-bond donors (Lipinski definition) is 0. The van der Waals surface area contributed by atoms with Crippen LogP contribution in [0.3, 0.4) is 0 Å². The van der Waals surface area contributed by atoms with E-state index < -0.39 is 9.84 Å². The molecule has 1 aliphatic heterocycles. The van der Waals surface area contributed by atoms with Crippen molar-refractivity contribution >= 4 is 9.84 Å². The molecule has 0 amide bonds. The van der Waals surface area contributed by atoms with E-state index in [0.717, 1.165) is 19.4 Å². The minimum absolute atomic E-state index is 0.374. The average molecular weight is 213 g/mol. The fourth-order valence-corrected chi connectivity index (χ4v) is 3.50. The van der Waals surface area contributed by atoms with Crippen LogP contribution < -0.4 is 0 Å². The normalized spacial score (nSPS) is 22.3. The lowest BCUT2D eigenvalue weighted by Gasteiger charge is -2.22. The Bertz CT molecular complexity index is 366. The van der Waals surface area contributed by atoms with E-state index in [4.69, 9.17) is 0 Å². The predicted octanol–water partition coefficient (Wildman–Crippen LogP) is 1.31. The zero-order chi connectivity index (χ0) is 10.0. The Kier molecular flexibility index (Phi) is 2.63. The molecule has 0 aromatic carbocycles. The first-order valence-electron chi connectivity index (χ1n) is 4.97. The molecule has 2 rings (SSSR count). The first-order valence-corrected chi connectivity index (χ1v) is 6.79. The molecule has 0 atom stereocenters. The average Bonchev–Trinajstić information content (AvgIpc) is 2.61. The smallest absolute Gasteiger partial charge is 0.150 e. The molecule has 0 radical (unpaired) electrons. The molecule has 1 fully saturated rings. The van der Waals surface area contributed by atoms with Crippen molar-refractivity contribution < 1.29 is 8.42 Å². The Labute approximate surface area is 84.7 Å². The zero-order valence-corrected chi connectivity index (χ0v) is 8.91. The summed E-state index contributed by atoms with van der Waals surface area (Å²) in [5.41, 5.74) is 0. The van der Waals surface area contributed by atoms with Crippen molar-refractivity contribution in [1.82, 2.24) is 4.57 Å². The van der Waals surface area contributed by atoms with Crippen LogP contribution in [0.15, 0.2) is 24.5 Å². The molecule has 0 bridgehead atoms. The van der Waals surface area contributed by atoms with E-state index >= 15 is 0 Å². The summed E-state index contributed by atoms with van der Waals surface area (Å²) < 4.78 is 24.5. The molecule has 0 unspecified atom stereocenters. The Morgan fingerprint density at radius 3 is 2.29 bits per heavy atom. The van der Waals surface area contributed by atoms with Gasteiger partial charge in [0.2, 0.25) is 0 Å². The highest BCUT2D eigenvalue weighted by molar-refractivity contribution is 7.91. The van der Waals surface area contributed by atoms with Crippen molar-refractivity contribution in [2.75, 3.05) is 11.5 Å². The van der Waals surface area contributed by atoms with Crippen molar-refractivity contribution in [2.45, 2.75) is 19.4 Å². The molecule has 0 N–H and O–H groups in total. The van der Waals surface area contributed by atoms with Gasteiger partial charge in [-0.3, -0.25) is 0 Å². The van der Waals surface area contributed by atoms with E-state index in [0.29, 0.717) is 17.4 Å². The van der Waals surface area contributed by atoms with Gasteiger partial charge in [-0.25, -0.2) is 8.42 Å². The molecule has 4 heteroatoms. The quantitative estimate of drug-likeness (QED) is 0.743. The number of nitrogens with zero attached hydrogens (tertiary/aromatic N) is 1. The molecule has 78 valence electrons. The summed E-state index contributed by atoms with van der Waals surface area (Å²) in [5.74, 6) is 1.28. The minimum Gasteiger partial charge on any atom is -0.354 e. The highest BCUT2D eigenvalue weighted by Gasteiger charge is 2.23. The molecule has 1 aromatic heterocycles. The maximum Gasteiger partial charge on any atom is 0.150 e. The van der Waals surface area contributed by atoms with Crippen molar-refractivity contribution in [2.24, 2.45) is 5.92 Å². The summed E-state index contributed by atoms with van der Waals surface area (Å²) in [7, 11) is -2.70. The Hall–Kier alpha value is -0.770. The molecular formula is C10H15NO2S. The Morgan fingerprint density at radius 2 is 1.71 bits per heavy atom. The fraction of sp³-hybridized carbons (Fsp3) is 0.600. The Balaban J connectivity index is 1.91. The summed E-state index contributed by atoms with van der Waals surface area (Å²) in [5, 5.41) is 0. The van der Waals surface area contributed by atoms with Gasteiger partial charge >= 0.3 is 0 Å². The molecule has 3 nitrogen and oxygen atoms in total. The first-order chi connectivity index (χ1) is 6.66. The SMILES string of the molecule is O=S1(=O)CCC(Cn2cccc2)CC1. The molecule has 0 spiro atoms. The van der Waals surface area contributed by atoms with E-state index in [-0.39, 0.29) is 0 Å². The maximum absolute atomic E-state index is 11.2. The second-order valence-corrected chi connectivity index (χ2v) is 6.28. The number of sulfone groups is 1. The Morgan fingerprint density at radius 1 is 1.14 bits per heavy atom. The first kappa shape index (κ1) is 9.77. The minimum atomic E-state index is -2.70. The largest absolute Gasteiger partial charge is 0.354 e. The summed E-state index contributed by atoms with van der Waals surface area (Å²) >= 11 is 0. The van der Waals surface area contributed by atoms with Gasteiger partial charge in [0.15, 0.2) is 0 Å². The highest BCUT2D eigenvalue weighted by Crippen LogP contribution is 2.20. The van der Waals surface area contributed by atoms with E-state index in [1.807, 2.05) is 24.5 Å². The van der Waals surface area contributed by atoms with Crippen LogP contribution in [0.25, 0.3) is 0 Å². The summed E-state index contributed by atoms with van der Waals surface area (Å²) in [6.45, 7) is 0.961. The van der Waals surface area contributed by atoms with Crippen LogP contribution in [0.2, 0.25) is 0 Å². The second kappa shape index (κ2) is 3.77. The molecule has 1 aliphatic rings. The lowest BCUT2D eigenvalue weighted by Crippen LogP contribution is -2.25. The standard InChI is InChI=1S/C10H15NO2S/c12-14(13)7-3-10(4-8-14)9-11-5-1-2-6-11/h1-2,5-6,10H,3-4,7-9H2. The van der Waals surface area contributed by atoms with E-state index in [9.17, 15) is 8.42 Å². The van der Waals surface area contributed by atoms with Gasteiger partial charge in [0.1, 0.15) is 9.84 Å². The molecular weight excluding hydrogens is 198 g/mol. The van der Waals surface area contributed by atoms with Crippen LogP contribution in [0.5, 0.6) is 0 Å². The van der Waals surface area contributed by atoms with E-state index in [1.165, 1.54) is 0 Å². The molecule has 2 heterocycles. The maximum atomic E-state index is 11.2. The summed E-state index contributed by atoms with van der Waals surface area (Å²) in [6.07, 6.45) is 5.70. The van der Waals surface area contributed by atoms with E-state index in [1.54, 1.807) is 0 Å². The van der Waals surface area contributed by atoms with Crippen LogP contribution in [-0.2, 0) is 16.4 Å². The van der Waals surface area contributed by atoms with Crippen LogP contribution in [0, 0.1) is 5.92 Å². The van der Waals surface area contributed by atoms with Crippen LogP contribution in [0.4, 0.5) is 0 Å². The van der Waals surface area contributed by atoms with Gasteiger partial charge in [0.05, 0.1) is 11.5 Å². The van der Waals surface area contributed by atoms with Gasteiger partial charge < -0.3 is 4.57 Å². The van der Waals surface area contributed by atoms with Crippen molar-refractivity contribution in [3.8, 4) is 0 Å². The molecule has 14 heavy (non-hydrogen) atoms. The van der Waals surface area contributed by atoms with Crippen molar-refractivity contribution in [3.63, 3.8) is 0 Å². The van der Waals surface area contributed by atoms with Crippen LogP contribution in [0.1, 0.15) is 12.8 Å². The monoisotopic (exact) mass is 213 g/mol. The van der Waals surface area contributed by atoms with Gasteiger partial charge in [-0.15, -0.1) is 0 Å². The topological polar surface area (TPSA) is 39.1 Å². The van der Waals surface area contributed by atoms with Gasteiger partial charge in [-0.1, -0.05) is 0 Å². The molecule has 0 saturated carbocycles. The zero-order valence-electron chi connectivity index (χ0n) is 8.09. The van der Waals surface area contributed by atoms with Crippen molar-refractivity contribution in [1.29, 1.82) is 0 Å². The van der Waals surface area contributed by atoms with Gasteiger partial charge in [0.25, 0.3) is 0 Å². The summed E-state index contributed by atoms with van der Waals surface area (Å²) in [4.78, 5) is 0. The third-order valence-electron chi connectivity index (χ3n) is 2.81. The van der Waals surface area contributed by atoms with Gasteiger partial charge in [-0.05, 0) is 30.9 Å². The molecule has 0 aliphatic carbocycles. The molecule has 1 saturated heterocycles. The van der Waals surface area contributed by atoms with Gasteiger partial charge in [0, 0.05) is 18.9 Å². The number of rotatable bonds is 2. The fourth-order valence-electron chi connectivity index (χ4n) is 1.91. The summed E-state index contributed by atoms with van der Waals surface area (Å²) in [6, 6.07) is 4.00. The number of aromatic nitrogens is 1. The second-order valence-electron chi connectivity index (χ2n) is 3.98. The van der Waals surface area contributed by atoms with Gasteiger partial charge in [-0.2, -0.15) is 0 Å². The highest BCUT2D eigenvalue weighted by atomic mass is 32.2. The number of hydrogen-bond acceptors (Lipinski definition) is 2. The lowest BCUT2D eigenvalue weighted by atomic mass is 10.0. The predicted molar refractivity (Wildman–Crippen MR) is 55.8 cm³/mol. The van der Waals surface area contributed by atoms with Crippen molar-refractivity contribution in [3.05, 3.63) is 24.5 Å². The van der Waals surface area contributed by atoms with E-state index in [2.05, 4.69) is 4.57 Å². The lowest BCUT2D eigenvalue weighted by molar-refractivity contribution is 0.405. The van der Waals surface area contributed by atoms with Crippen LogP contribution >= 0.6 is 0 Å². The molecule has 1 aromatic rings. The van der Waals surface area contributed by atoms with Crippen LogP contribution in [-0.4, -0.2) is 24.5 Å². The third-order valence-corrected chi connectivity index (χ3v) is 4.52.